The van der Waals surface area contributed by atoms with Gasteiger partial charge in [0.15, 0.2) is 11.5 Å². The van der Waals surface area contributed by atoms with Gasteiger partial charge in [0, 0.05) is 5.39 Å². The lowest BCUT2D eigenvalue weighted by molar-refractivity contribution is 0.0100. The molecule has 0 aliphatic carbocycles. The van der Waals surface area contributed by atoms with Crippen molar-refractivity contribution in [1.29, 1.82) is 0 Å². The van der Waals surface area contributed by atoms with Gasteiger partial charge in [0.1, 0.15) is 24.7 Å². The van der Waals surface area contributed by atoms with Crippen molar-refractivity contribution in [2.75, 3.05) is 33.9 Å². The Morgan fingerprint density at radius 3 is 1.82 bits per heavy atom. The van der Waals surface area contributed by atoms with Gasteiger partial charge in [-0.2, -0.15) is 5.10 Å². The molecule has 3 aliphatic heterocycles. The third-order valence-corrected chi connectivity index (χ3v) is 8.38. The minimum atomic E-state index is -0.0871. The number of nitrogens with zero attached hydrogens (tertiary/aromatic N) is 3. The predicted octanol–water partition coefficient (Wildman–Crippen LogP) is 5.06. The predicted molar refractivity (Wildman–Crippen MR) is 153 cm³/mol. The maximum Gasteiger partial charge on any atom is 0.274 e. The fraction of sp³-hybridized carbons (Fsp3) is 0.375. The Morgan fingerprint density at radius 2 is 1.30 bits per heavy atom. The number of benzene rings is 3. The molecular weight excluding hydrogens is 506 g/mol. The summed E-state index contributed by atoms with van der Waals surface area (Å²) in [6, 6.07) is 19.1. The van der Waals surface area contributed by atoms with Crippen molar-refractivity contribution in [2.45, 2.75) is 39.0 Å². The Hall–Kier alpha value is -4.04. The molecule has 0 N–H and O–H groups in total. The molecule has 0 saturated carbocycles. The highest BCUT2D eigenvalue weighted by atomic mass is 16.5. The van der Waals surface area contributed by atoms with Gasteiger partial charge in [-0.05, 0) is 91.8 Å². The summed E-state index contributed by atoms with van der Waals surface area (Å²) in [5, 5.41) is 5.92. The lowest BCUT2D eigenvalue weighted by atomic mass is 9.72. The van der Waals surface area contributed by atoms with Crippen LogP contribution in [0.1, 0.15) is 30.4 Å². The Morgan fingerprint density at radius 1 is 0.775 bits per heavy atom. The SMILES string of the molecule is COc1ccc(COc2cc3cnn(CC45CCN(CC4)CC5)c(=O)c3cc2OCc2ccc(OC)cc2)cc1. The zero-order chi connectivity index (χ0) is 27.5. The molecule has 8 heteroatoms. The number of ether oxygens (including phenoxy) is 4. The minimum absolute atomic E-state index is 0.0871. The minimum Gasteiger partial charge on any atom is -0.497 e. The highest BCUT2D eigenvalue weighted by molar-refractivity contribution is 5.84. The van der Waals surface area contributed by atoms with Crippen LogP contribution in [0.4, 0.5) is 0 Å². The molecule has 4 heterocycles. The molecular formula is C32H35N3O5. The first-order valence-corrected chi connectivity index (χ1v) is 13.8. The Labute approximate surface area is 234 Å². The van der Waals surface area contributed by atoms with E-state index in [4.69, 9.17) is 18.9 Å². The van der Waals surface area contributed by atoms with Crippen LogP contribution >= 0.6 is 0 Å². The summed E-state index contributed by atoms with van der Waals surface area (Å²) in [7, 11) is 3.29. The van der Waals surface area contributed by atoms with Crippen molar-refractivity contribution >= 4 is 10.8 Å². The summed E-state index contributed by atoms with van der Waals surface area (Å²) in [5.41, 5.74) is 2.05. The van der Waals surface area contributed by atoms with Crippen LogP contribution in [0.15, 0.2) is 71.7 Å². The zero-order valence-electron chi connectivity index (χ0n) is 23.1. The molecule has 3 fully saturated rings. The average Bonchev–Trinajstić information content (AvgIpc) is 3.01. The molecule has 0 radical (unpaired) electrons. The first-order chi connectivity index (χ1) is 19.5. The molecule has 3 saturated heterocycles. The number of aromatic nitrogens is 2. The number of methoxy groups -OCH3 is 2. The number of fused-ring (bicyclic) bond motifs is 4. The highest BCUT2D eigenvalue weighted by Gasteiger charge is 2.40. The molecule has 0 amide bonds. The Bertz CT molecular complexity index is 1510. The first kappa shape index (κ1) is 26.2. The van der Waals surface area contributed by atoms with Crippen LogP contribution in [0.3, 0.4) is 0 Å². The molecule has 8 nitrogen and oxygen atoms in total. The second-order valence-corrected chi connectivity index (χ2v) is 10.9. The molecule has 4 aromatic rings. The summed E-state index contributed by atoms with van der Waals surface area (Å²) in [4.78, 5) is 16.2. The van der Waals surface area contributed by atoms with Crippen LogP contribution in [0.25, 0.3) is 10.8 Å². The first-order valence-electron chi connectivity index (χ1n) is 13.8. The largest absolute Gasteiger partial charge is 0.497 e. The molecule has 208 valence electrons. The van der Waals surface area contributed by atoms with Crippen LogP contribution in [0.2, 0.25) is 0 Å². The van der Waals surface area contributed by atoms with E-state index in [1.165, 1.54) is 0 Å². The summed E-state index contributed by atoms with van der Waals surface area (Å²) in [6.45, 7) is 4.67. The smallest absolute Gasteiger partial charge is 0.274 e. The molecule has 3 aliphatic rings. The molecule has 0 unspecified atom stereocenters. The van der Waals surface area contributed by atoms with Gasteiger partial charge in [-0.25, -0.2) is 4.68 Å². The molecule has 0 spiro atoms. The van der Waals surface area contributed by atoms with E-state index in [1.807, 2.05) is 60.7 Å². The van der Waals surface area contributed by atoms with E-state index in [1.54, 1.807) is 25.1 Å². The van der Waals surface area contributed by atoms with E-state index < -0.39 is 0 Å². The van der Waals surface area contributed by atoms with Crippen LogP contribution in [0, 0.1) is 5.41 Å². The lowest BCUT2D eigenvalue weighted by Gasteiger charge is -2.48. The number of hydrogen-bond acceptors (Lipinski definition) is 7. The fourth-order valence-electron chi connectivity index (χ4n) is 5.75. The van der Waals surface area contributed by atoms with Crippen LogP contribution in [-0.2, 0) is 19.8 Å². The van der Waals surface area contributed by atoms with Crippen LogP contribution < -0.4 is 24.5 Å². The fourth-order valence-corrected chi connectivity index (χ4v) is 5.75. The molecule has 3 aromatic carbocycles. The van der Waals surface area contributed by atoms with Gasteiger partial charge in [-0.3, -0.25) is 4.79 Å². The summed E-state index contributed by atoms with van der Waals surface area (Å²) < 4.78 is 24.7. The quantitative estimate of drug-likeness (QED) is 0.278. The molecule has 7 rings (SSSR count). The van der Waals surface area contributed by atoms with Gasteiger partial charge in [-0.1, -0.05) is 24.3 Å². The van der Waals surface area contributed by atoms with Crippen LogP contribution in [-0.4, -0.2) is 48.5 Å². The standard InChI is InChI=1S/C32H35N3O5/c1-37-26-7-3-23(4-8-26)20-39-29-17-25-19-33-35(22-32-11-14-34(15-12-32)16-13-32)31(36)28(25)18-30(29)40-21-24-5-9-27(38-2)10-6-24/h3-10,17-19H,11-16,20-22H2,1-2H3. The van der Waals surface area contributed by atoms with Crippen molar-refractivity contribution in [3.63, 3.8) is 0 Å². The third-order valence-electron chi connectivity index (χ3n) is 8.38. The maximum absolute atomic E-state index is 13.7. The van der Waals surface area contributed by atoms with Crippen molar-refractivity contribution in [1.82, 2.24) is 14.7 Å². The summed E-state index contributed by atoms with van der Waals surface area (Å²) in [5.74, 6) is 2.66. The van der Waals surface area contributed by atoms with Crippen molar-refractivity contribution in [3.05, 3.63) is 88.3 Å². The average molecular weight is 542 g/mol. The topological polar surface area (TPSA) is 75.1 Å². The van der Waals surface area contributed by atoms with Gasteiger partial charge < -0.3 is 23.8 Å². The second-order valence-electron chi connectivity index (χ2n) is 10.9. The van der Waals surface area contributed by atoms with E-state index in [0.717, 1.165) is 66.9 Å². The maximum atomic E-state index is 13.7. The third kappa shape index (κ3) is 5.49. The zero-order valence-corrected chi connectivity index (χ0v) is 23.1. The summed E-state index contributed by atoms with van der Waals surface area (Å²) >= 11 is 0. The molecule has 40 heavy (non-hydrogen) atoms. The van der Waals surface area contributed by atoms with E-state index in [9.17, 15) is 4.79 Å². The molecule has 1 aromatic heterocycles. The van der Waals surface area contributed by atoms with Gasteiger partial charge in [0.2, 0.25) is 0 Å². The van der Waals surface area contributed by atoms with E-state index in [0.29, 0.717) is 36.6 Å². The van der Waals surface area contributed by atoms with Gasteiger partial charge in [0.25, 0.3) is 5.56 Å². The molecule has 2 bridgehead atoms. The Kier molecular flexibility index (Phi) is 7.34. The van der Waals surface area contributed by atoms with Gasteiger partial charge >= 0.3 is 0 Å². The summed E-state index contributed by atoms with van der Waals surface area (Å²) in [6.07, 6.45) is 5.13. The van der Waals surface area contributed by atoms with E-state index >= 15 is 0 Å². The van der Waals surface area contributed by atoms with E-state index in [2.05, 4.69) is 10.00 Å². The normalized spacial score (nSPS) is 19.9. The van der Waals surface area contributed by atoms with Gasteiger partial charge in [0.05, 0.1) is 32.3 Å². The van der Waals surface area contributed by atoms with Crippen LogP contribution in [0.5, 0.6) is 23.0 Å². The number of hydrogen-bond donors (Lipinski definition) is 0. The van der Waals surface area contributed by atoms with Crippen molar-refractivity contribution in [2.24, 2.45) is 5.41 Å². The highest BCUT2D eigenvalue weighted by Crippen LogP contribution is 2.41. The number of piperidine rings is 3. The Balaban J connectivity index is 1.29. The molecule has 0 atom stereocenters. The number of rotatable bonds is 10. The van der Waals surface area contributed by atoms with Crippen molar-refractivity contribution in [3.8, 4) is 23.0 Å². The second kappa shape index (κ2) is 11.2. The van der Waals surface area contributed by atoms with Crippen molar-refractivity contribution < 1.29 is 18.9 Å². The lowest BCUT2D eigenvalue weighted by Crippen LogP contribution is -2.50. The van der Waals surface area contributed by atoms with E-state index in [-0.39, 0.29) is 11.0 Å². The van der Waals surface area contributed by atoms with Gasteiger partial charge in [-0.15, -0.1) is 0 Å². The monoisotopic (exact) mass is 541 g/mol.